The molecule has 5 heteroatoms. The first kappa shape index (κ1) is 31.6. The Bertz CT molecular complexity index is 3510. The van der Waals surface area contributed by atoms with E-state index < -0.39 is 0 Å². The summed E-state index contributed by atoms with van der Waals surface area (Å²) in [5.74, 6) is 0.656. The molecule has 4 heterocycles. The lowest BCUT2D eigenvalue weighted by molar-refractivity contribution is 0.667. The Hall–Kier alpha value is -7.76. The van der Waals surface area contributed by atoms with Gasteiger partial charge in [0.2, 0.25) is 0 Å². The van der Waals surface area contributed by atoms with Crippen LogP contribution in [0.3, 0.4) is 0 Å². The molecule has 0 atom stereocenters. The summed E-state index contributed by atoms with van der Waals surface area (Å²) in [7, 11) is 0. The zero-order valence-electron chi connectivity index (χ0n) is 30.7. The summed E-state index contributed by atoms with van der Waals surface area (Å²) in [5, 5.41) is 5.73. The first-order valence-corrected chi connectivity index (χ1v) is 19.2. The second-order valence-electron chi connectivity index (χ2n) is 14.6. The minimum Gasteiger partial charge on any atom is -0.452 e. The first-order chi connectivity index (χ1) is 28.3. The fourth-order valence-corrected chi connectivity index (χ4v) is 8.72. The molecule has 0 amide bonds. The SMILES string of the molecule is c1ccc(-c2nc(-c3ccc4c(c3)c3ccccc3n4-c3ccccc3)nc3c2oc2ccc(-c4ccc5c(c4)c4ccccc4n5-c4ccccc4)cc23)cc1. The third kappa shape index (κ3) is 4.89. The van der Waals surface area contributed by atoms with Crippen molar-refractivity contribution in [2.75, 3.05) is 0 Å². The van der Waals surface area contributed by atoms with Crippen LogP contribution < -0.4 is 0 Å². The summed E-state index contributed by atoms with van der Waals surface area (Å²) in [6.07, 6.45) is 0. The number of para-hydroxylation sites is 4. The molecule has 0 N–H and O–H groups in total. The van der Waals surface area contributed by atoms with Crippen LogP contribution in [0.2, 0.25) is 0 Å². The van der Waals surface area contributed by atoms with Crippen LogP contribution in [0.4, 0.5) is 0 Å². The maximum atomic E-state index is 6.65. The predicted octanol–water partition coefficient (Wildman–Crippen LogP) is 13.6. The lowest BCUT2D eigenvalue weighted by atomic mass is 10.0. The topological polar surface area (TPSA) is 48.8 Å². The Morgan fingerprint density at radius 1 is 0.351 bits per heavy atom. The van der Waals surface area contributed by atoms with E-state index in [0.717, 1.165) is 72.2 Å². The van der Waals surface area contributed by atoms with Crippen LogP contribution in [0.15, 0.2) is 199 Å². The summed E-state index contributed by atoms with van der Waals surface area (Å²) in [6.45, 7) is 0. The van der Waals surface area contributed by atoms with Gasteiger partial charge in [-0.2, -0.15) is 0 Å². The fourth-order valence-electron chi connectivity index (χ4n) is 8.72. The average molecular weight is 729 g/mol. The molecule has 266 valence electrons. The van der Waals surface area contributed by atoms with E-state index in [1.807, 2.05) is 18.2 Å². The van der Waals surface area contributed by atoms with Crippen molar-refractivity contribution in [2.45, 2.75) is 0 Å². The normalized spacial score (nSPS) is 11.9. The van der Waals surface area contributed by atoms with Gasteiger partial charge in [0, 0.05) is 49.4 Å². The quantitative estimate of drug-likeness (QED) is 0.177. The van der Waals surface area contributed by atoms with Crippen LogP contribution in [0.5, 0.6) is 0 Å². The van der Waals surface area contributed by atoms with Gasteiger partial charge in [0.1, 0.15) is 16.8 Å². The Balaban J connectivity index is 1.06. The van der Waals surface area contributed by atoms with Crippen molar-refractivity contribution in [2.24, 2.45) is 0 Å². The van der Waals surface area contributed by atoms with E-state index in [0.29, 0.717) is 11.4 Å². The zero-order chi connectivity index (χ0) is 37.5. The van der Waals surface area contributed by atoms with Crippen LogP contribution in [0.1, 0.15) is 0 Å². The van der Waals surface area contributed by atoms with Crippen molar-refractivity contribution >= 4 is 65.7 Å². The minimum atomic E-state index is 0.656. The van der Waals surface area contributed by atoms with Gasteiger partial charge in [0.25, 0.3) is 0 Å². The lowest BCUT2D eigenvalue weighted by Crippen LogP contribution is -1.95. The van der Waals surface area contributed by atoms with Gasteiger partial charge in [0.15, 0.2) is 11.4 Å². The van der Waals surface area contributed by atoms with E-state index in [2.05, 4.69) is 185 Å². The highest BCUT2D eigenvalue weighted by molar-refractivity contribution is 6.13. The summed E-state index contributed by atoms with van der Waals surface area (Å²) in [6, 6.07) is 68.4. The van der Waals surface area contributed by atoms with Gasteiger partial charge in [-0.25, -0.2) is 9.97 Å². The summed E-state index contributed by atoms with van der Waals surface area (Å²) >= 11 is 0. The highest BCUT2D eigenvalue weighted by atomic mass is 16.3. The molecular weight excluding hydrogens is 697 g/mol. The average Bonchev–Trinajstić information content (AvgIpc) is 3.94. The molecule has 12 aromatic rings. The molecule has 57 heavy (non-hydrogen) atoms. The number of hydrogen-bond donors (Lipinski definition) is 0. The summed E-state index contributed by atoms with van der Waals surface area (Å²) in [4.78, 5) is 10.6. The number of rotatable bonds is 5. The molecule has 8 aromatic carbocycles. The minimum absolute atomic E-state index is 0.656. The molecule has 5 nitrogen and oxygen atoms in total. The molecule has 0 aliphatic heterocycles. The van der Waals surface area contributed by atoms with Crippen molar-refractivity contribution < 1.29 is 4.42 Å². The molecular formula is C52H32N4O. The van der Waals surface area contributed by atoms with Crippen LogP contribution in [0.25, 0.3) is 111 Å². The molecule has 0 fully saturated rings. The molecule has 0 saturated heterocycles. The molecule has 0 aliphatic rings. The molecule has 0 unspecified atom stereocenters. The molecule has 0 saturated carbocycles. The van der Waals surface area contributed by atoms with Gasteiger partial charge in [-0.3, -0.25) is 0 Å². The van der Waals surface area contributed by atoms with Crippen LogP contribution in [-0.2, 0) is 0 Å². The van der Waals surface area contributed by atoms with Crippen molar-refractivity contribution in [1.82, 2.24) is 19.1 Å². The van der Waals surface area contributed by atoms with E-state index in [-0.39, 0.29) is 0 Å². The van der Waals surface area contributed by atoms with Crippen LogP contribution in [0, 0.1) is 0 Å². The van der Waals surface area contributed by atoms with Gasteiger partial charge in [-0.05, 0) is 90.0 Å². The lowest BCUT2D eigenvalue weighted by Gasteiger charge is -2.09. The van der Waals surface area contributed by atoms with Gasteiger partial charge in [0.05, 0.1) is 22.1 Å². The van der Waals surface area contributed by atoms with Gasteiger partial charge in [-0.15, -0.1) is 0 Å². The number of furan rings is 1. The Labute approximate surface area is 327 Å². The van der Waals surface area contributed by atoms with Crippen LogP contribution >= 0.6 is 0 Å². The molecule has 0 spiro atoms. The van der Waals surface area contributed by atoms with Crippen LogP contribution in [-0.4, -0.2) is 19.1 Å². The van der Waals surface area contributed by atoms with Crippen molar-refractivity contribution in [3.63, 3.8) is 0 Å². The number of fused-ring (bicyclic) bond motifs is 9. The Kier molecular flexibility index (Phi) is 6.86. The van der Waals surface area contributed by atoms with E-state index in [9.17, 15) is 0 Å². The van der Waals surface area contributed by atoms with E-state index in [4.69, 9.17) is 14.4 Å². The number of nitrogens with zero attached hydrogens (tertiary/aromatic N) is 4. The third-order valence-corrected chi connectivity index (χ3v) is 11.3. The van der Waals surface area contributed by atoms with Crippen molar-refractivity contribution in [3.05, 3.63) is 194 Å². The number of hydrogen-bond acceptors (Lipinski definition) is 3. The maximum absolute atomic E-state index is 6.65. The molecule has 0 aliphatic carbocycles. The third-order valence-electron chi connectivity index (χ3n) is 11.3. The zero-order valence-corrected chi connectivity index (χ0v) is 30.7. The number of aromatic nitrogens is 4. The smallest absolute Gasteiger partial charge is 0.180 e. The summed E-state index contributed by atoms with van der Waals surface area (Å²) in [5.41, 5.74) is 14.1. The monoisotopic (exact) mass is 728 g/mol. The van der Waals surface area contributed by atoms with E-state index in [1.165, 1.54) is 27.2 Å². The highest BCUT2D eigenvalue weighted by Crippen LogP contribution is 2.40. The molecule has 0 radical (unpaired) electrons. The predicted molar refractivity (Wildman–Crippen MR) is 234 cm³/mol. The van der Waals surface area contributed by atoms with Gasteiger partial charge < -0.3 is 13.6 Å². The van der Waals surface area contributed by atoms with Gasteiger partial charge in [-0.1, -0.05) is 115 Å². The Morgan fingerprint density at radius 3 is 1.44 bits per heavy atom. The molecule has 0 bridgehead atoms. The molecule has 4 aromatic heterocycles. The van der Waals surface area contributed by atoms with Gasteiger partial charge >= 0.3 is 0 Å². The number of benzene rings is 8. The highest BCUT2D eigenvalue weighted by Gasteiger charge is 2.21. The Morgan fingerprint density at radius 2 is 0.825 bits per heavy atom. The standard InChI is InChI=1S/C52H32N4O/c1-4-14-33(15-5-1)49-51-50(54-52(53-49)36-25-28-47-42(32-36)40-21-11-13-23-45(40)56(47)38-18-8-3-9-19-38)43-31-35(26-29-48(43)57-51)34-24-27-46-41(30-34)39-20-10-12-22-44(39)55(46)37-16-6-2-7-17-37/h1-32H. The molecule has 12 rings (SSSR count). The summed E-state index contributed by atoms with van der Waals surface area (Å²) < 4.78 is 11.3. The van der Waals surface area contributed by atoms with Crippen molar-refractivity contribution in [3.8, 4) is 45.1 Å². The first-order valence-electron chi connectivity index (χ1n) is 19.2. The second-order valence-corrected chi connectivity index (χ2v) is 14.6. The second kappa shape index (κ2) is 12.4. The van der Waals surface area contributed by atoms with E-state index in [1.54, 1.807) is 0 Å². The fraction of sp³-hybridized carbons (Fsp3) is 0. The maximum Gasteiger partial charge on any atom is 0.180 e. The van der Waals surface area contributed by atoms with Crippen molar-refractivity contribution in [1.29, 1.82) is 0 Å². The largest absolute Gasteiger partial charge is 0.452 e. The van der Waals surface area contributed by atoms with E-state index >= 15 is 0 Å².